The summed E-state index contributed by atoms with van der Waals surface area (Å²) in [6, 6.07) is 13.8. The van der Waals surface area contributed by atoms with Crippen LogP contribution in [-0.4, -0.2) is 44.4 Å². The molecular formula is C27H32N6OS. The van der Waals surface area contributed by atoms with E-state index in [1.54, 1.807) is 39.9 Å². The van der Waals surface area contributed by atoms with Gasteiger partial charge in [-0.25, -0.2) is 0 Å². The van der Waals surface area contributed by atoms with Crippen LogP contribution in [0.25, 0.3) is 21.1 Å². The summed E-state index contributed by atoms with van der Waals surface area (Å²) in [6.07, 6.45) is 3.80. The van der Waals surface area contributed by atoms with Gasteiger partial charge in [-0.1, -0.05) is 26.0 Å². The zero-order chi connectivity index (χ0) is 24.7. The zero-order valence-electron chi connectivity index (χ0n) is 20.8. The van der Waals surface area contributed by atoms with Crippen molar-refractivity contribution in [3.05, 3.63) is 57.8 Å². The van der Waals surface area contributed by atoms with Gasteiger partial charge in [0.1, 0.15) is 12.1 Å². The van der Waals surface area contributed by atoms with E-state index in [0.717, 1.165) is 42.7 Å². The fourth-order valence-electron chi connectivity index (χ4n) is 5.49. The smallest absolute Gasteiger partial charge is 0.252 e. The minimum absolute atomic E-state index is 0.0491. The molecule has 0 amide bonds. The molecule has 0 spiro atoms. The number of aromatic nitrogens is 3. The molecule has 5 rings (SSSR count). The molecule has 8 heteroatoms. The molecule has 7 nitrogen and oxygen atoms in total. The molecule has 0 saturated carbocycles. The fraction of sp³-hybridized carbons (Fsp3) is 0.444. The second-order valence-electron chi connectivity index (χ2n) is 9.51. The molecule has 35 heavy (non-hydrogen) atoms. The van der Waals surface area contributed by atoms with Crippen molar-refractivity contribution in [3.63, 3.8) is 0 Å². The van der Waals surface area contributed by atoms with Crippen LogP contribution in [0, 0.1) is 11.3 Å². The standard InChI is InChI=1S/C27H32N6OS/c1-5-21-16-33(23-14-26(34)30(4)24-17-31(11-10-28)29-27(23)24)22(6-2)15-32(21)18(3)20-8-7-19-9-12-35-25(19)13-20/h7-9,12-14,17-18,21-22H,5-6,11,15-16H2,1-4H3/t18?,21-,22+/m1/s1. The van der Waals surface area contributed by atoms with Crippen molar-refractivity contribution in [3.8, 4) is 6.07 Å². The molecule has 1 aliphatic heterocycles. The molecule has 1 aliphatic rings. The highest BCUT2D eigenvalue weighted by atomic mass is 32.1. The first-order valence-electron chi connectivity index (χ1n) is 12.4. The van der Waals surface area contributed by atoms with Gasteiger partial charge in [0.05, 0.1) is 23.5 Å². The van der Waals surface area contributed by atoms with Gasteiger partial charge < -0.3 is 9.47 Å². The molecule has 1 fully saturated rings. The molecular weight excluding hydrogens is 456 g/mol. The number of hydrogen-bond donors (Lipinski definition) is 0. The van der Waals surface area contributed by atoms with Crippen LogP contribution in [-0.2, 0) is 13.6 Å². The Balaban J connectivity index is 1.51. The highest BCUT2D eigenvalue weighted by Crippen LogP contribution is 2.35. The Kier molecular flexibility index (Phi) is 6.39. The topological polar surface area (TPSA) is 70.1 Å². The first-order chi connectivity index (χ1) is 16.9. The minimum atomic E-state index is -0.0491. The lowest BCUT2D eigenvalue weighted by atomic mass is 9.96. The molecule has 3 aromatic heterocycles. The summed E-state index contributed by atoms with van der Waals surface area (Å²) >= 11 is 1.80. The number of fused-ring (bicyclic) bond motifs is 2. The van der Waals surface area contributed by atoms with Crippen molar-refractivity contribution in [1.82, 2.24) is 19.2 Å². The third-order valence-electron chi connectivity index (χ3n) is 7.62. The summed E-state index contributed by atoms with van der Waals surface area (Å²) in [7, 11) is 1.77. The Morgan fingerprint density at radius 3 is 2.71 bits per heavy atom. The van der Waals surface area contributed by atoms with E-state index < -0.39 is 0 Å². The highest BCUT2D eigenvalue weighted by Gasteiger charge is 2.36. The number of piperazine rings is 1. The lowest BCUT2D eigenvalue weighted by Crippen LogP contribution is -2.58. The predicted molar refractivity (Wildman–Crippen MR) is 143 cm³/mol. The Bertz CT molecular complexity index is 1460. The Morgan fingerprint density at radius 1 is 1.17 bits per heavy atom. The first kappa shape index (κ1) is 23.6. The molecule has 1 saturated heterocycles. The average molecular weight is 489 g/mol. The number of nitrogens with zero attached hydrogens (tertiary/aromatic N) is 6. The van der Waals surface area contributed by atoms with Gasteiger partial charge in [-0.05, 0) is 48.2 Å². The SMILES string of the molecule is CC[C@H]1CN(C(C)c2ccc3ccsc3c2)[C@H](CC)CN1c1cc(=O)n(C)c2cn(CC#N)nc12. The van der Waals surface area contributed by atoms with Gasteiger partial charge in [0.15, 0.2) is 0 Å². The Hall–Kier alpha value is -3.15. The fourth-order valence-corrected chi connectivity index (χ4v) is 6.33. The van der Waals surface area contributed by atoms with Crippen LogP contribution in [0.3, 0.4) is 0 Å². The molecule has 182 valence electrons. The zero-order valence-corrected chi connectivity index (χ0v) is 21.6. The number of pyridine rings is 1. The molecule has 4 aromatic rings. The van der Waals surface area contributed by atoms with Crippen molar-refractivity contribution in [2.75, 3.05) is 18.0 Å². The monoisotopic (exact) mass is 488 g/mol. The van der Waals surface area contributed by atoms with Crippen LogP contribution in [0.2, 0.25) is 0 Å². The van der Waals surface area contributed by atoms with Gasteiger partial charge in [0.2, 0.25) is 0 Å². The minimum Gasteiger partial charge on any atom is -0.364 e. The maximum absolute atomic E-state index is 12.9. The van der Waals surface area contributed by atoms with Gasteiger partial charge in [-0.3, -0.25) is 14.4 Å². The average Bonchev–Trinajstić information content (AvgIpc) is 3.52. The second kappa shape index (κ2) is 9.48. The van der Waals surface area contributed by atoms with Gasteiger partial charge in [0, 0.05) is 49.0 Å². The van der Waals surface area contributed by atoms with Gasteiger partial charge in [-0.2, -0.15) is 10.4 Å². The number of hydrogen-bond acceptors (Lipinski definition) is 6. The summed E-state index contributed by atoms with van der Waals surface area (Å²) in [5.74, 6) is 0. The van der Waals surface area contributed by atoms with Gasteiger partial charge >= 0.3 is 0 Å². The number of nitriles is 1. The van der Waals surface area contributed by atoms with Crippen LogP contribution in [0.5, 0.6) is 0 Å². The molecule has 1 unspecified atom stereocenters. The third-order valence-corrected chi connectivity index (χ3v) is 8.50. The largest absolute Gasteiger partial charge is 0.364 e. The maximum atomic E-state index is 12.9. The van der Waals surface area contributed by atoms with E-state index in [9.17, 15) is 4.79 Å². The normalized spacial score (nSPS) is 19.9. The lowest BCUT2D eigenvalue weighted by molar-refractivity contribution is 0.101. The number of thiophene rings is 1. The number of benzene rings is 1. The molecule has 1 aromatic carbocycles. The van der Waals surface area contributed by atoms with Crippen LogP contribution in [0.4, 0.5) is 5.69 Å². The summed E-state index contributed by atoms with van der Waals surface area (Å²) < 4.78 is 4.59. The summed E-state index contributed by atoms with van der Waals surface area (Å²) in [5, 5.41) is 17.3. The van der Waals surface area contributed by atoms with Crippen LogP contribution in [0.15, 0.2) is 46.7 Å². The van der Waals surface area contributed by atoms with Crippen molar-refractivity contribution in [2.45, 2.75) is 58.3 Å². The lowest BCUT2D eigenvalue weighted by Gasteiger charge is -2.49. The van der Waals surface area contributed by atoms with E-state index in [2.05, 4.69) is 66.3 Å². The van der Waals surface area contributed by atoms with E-state index in [1.165, 1.54) is 15.6 Å². The molecule has 0 bridgehead atoms. The van der Waals surface area contributed by atoms with Crippen molar-refractivity contribution in [2.24, 2.45) is 7.05 Å². The third kappa shape index (κ3) is 4.13. The van der Waals surface area contributed by atoms with Crippen molar-refractivity contribution < 1.29 is 0 Å². The molecule has 0 aliphatic carbocycles. The van der Waals surface area contributed by atoms with E-state index >= 15 is 0 Å². The first-order valence-corrected chi connectivity index (χ1v) is 13.3. The summed E-state index contributed by atoms with van der Waals surface area (Å²) in [6.45, 7) is 8.72. The van der Waals surface area contributed by atoms with Gasteiger partial charge in [0.25, 0.3) is 5.56 Å². The van der Waals surface area contributed by atoms with Crippen LogP contribution < -0.4 is 10.5 Å². The second-order valence-corrected chi connectivity index (χ2v) is 10.5. The molecule has 0 N–H and O–H groups in total. The summed E-state index contributed by atoms with van der Waals surface area (Å²) in [4.78, 5) is 17.9. The van der Waals surface area contributed by atoms with Gasteiger partial charge in [-0.15, -0.1) is 11.3 Å². The highest BCUT2D eigenvalue weighted by molar-refractivity contribution is 7.17. The predicted octanol–water partition coefficient (Wildman–Crippen LogP) is 4.91. The van der Waals surface area contributed by atoms with Crippen LogP contribution >= 0.6 is 11.3 Å². The van der Waals surface area contributed by atoms with E-state index in [-0.39, 0.29) is 18.1 Å². The quantitative estimate of drug-likeness (QED) is 0.386. The molecule has 4 heterocycles. The van der Waals surface area contributed by atoms with Crippen molar-refractivity contribution in [1.29, 1.82) is 5.26 Å². The number of anilines is 1. The Labute approximate surface area is 209 Å². The molecule has 0 radical (unpaired) electrons. The van der Waals surface area contributed by atoms with Crippen LogP contribution in [0.1, 0.15) is 45.2 Å². The molecule has 3 atom stereocenters. The number of rotatable bonds is 6. The van der Waals surface area contributed by atoms with E-state index in [4.69, 9.17) is 10.4 Å². The maximum Gasteiger partial charge on any atom is 0.252 e. The number of aryl methyl sites for hydroxylation is 1. The van der Waals surface area contributed by atoms with Crippen molar-refractivity contribution >= 4 is 38.1 Å². The van der Waals surface area contributed by atoms with E-state index in [1.807, 2.05) is 0 Å². The Morgan fingerprint density at radius 2 is 1.97 bits per heavy atom. The summed E-state index contributed by atoms with van der Waals surface area (Å²) in [5.41, 5.74) is 3.75. The van der Waals surface area contributed by atoms with E-state index in [0.29, 0.717) is 12.1 Å².